The Balaban J connectivity index is 2.82. The molecule has 1 aromatic carbocycles. The molecule has 0 aliphatic heterocycles. The molecule has 0 radical (unpaired) electrons. The number of benzene rings is 1. The third-order valence-corrected chi connectivity index (χ3v) is 2.20. The Labute approximate surface area is 78.5 Å². The highest BCUT2D eigenvalue weighted by molar-refractivity contribution is 6.31. The molecule has 0 saturated carbocycles. The number of aryl methyl sites for hydroxylation is 1. The van der Waals surface area contributed by atoms with Crippen LogP contribution in [-0.2, 0) is 6.42 Å². The maximum absolute atomic E-state index is 5.89. The number of hydrogen-bond donors (Lipinski definition) is 1. The smallest absolute Gasteiger partial charge is 0.0435 e. The second kappa shape index (κ2) is 3.92. The van der Waals surface area contributed by atoms with Crippen molar-refractivity contribution >= 4 is 11.6 Å². The molecule has 0 heterocycles. The lowest BCUT2D eigenvalue weighted by Crippen LogP contribution is -2.17. The van der Waals surface area contributed by atoms with Crippen LogP contribution in [0.4, 0.5) is 0 Å². The predicted octanol–water partition coefficient (Wildman–Crippen LogP) is 2.54. The molecule has 0 amide bonds. The van der Waals surface area contributed by atoms with Gasteiger partial charge < -0.3 is 5.73 Å². The van der Waals surface area contributed by atoms with Crippen LogP contribution in [0.3, 0.4) is 0 Å². The van der Waals surface area contributed by atoms with Crippen molar-refractivity contribution in [2.24, 2.45) is 5.73 Å². The largest absolute Gasteiger partial charge is 0.328 e. The van der Waals surface area contributed by atoms with Gasteiger partial charge in [0.15, 0.2) is 0 Å². The van der Waals surface area contributed by atoms with Crippen LogP contribution in [0.25, 0.3) is 0 Å². The molecule has 0 unspecified atom stereocenters. The Hall–Kier alpha value is -0.530. The Kier molecular flexibility index (Phi) is 3.12. The van der Waals surface area contributed by atoms with Crippen molar-refractivity contribution in [1.29, 1.82) is 0 Å². The minimum Gasteiger partial charge on any atom is -0.328 e. The summed E-state index contributed by atoms with van der Waals surface area (Å²) in [5.74, 6) is 0. The summed E-state index contributed by atoms with van der Waals surface area (Å²) in [5, 5.41) is 0.823. The first kappa shape index (κ1) is 9.56. The minimum atomic E-state index is 0.213. The molecule has 2 N–H and O–H groups in total. The average Bonchev–Trinajstić information content (AvgIpc) is 1.96. The normalized spacial score (nSPS) is 13.0. The van der Waals surface area contributed by atoms with Crippen molar-refractivity contribution in [2.75, 3.05) is 0 Å². The molecule has 0 aliphatic carbocycles. The molecular weight excluding hydrogens is 170 g/mol. The van der Waals surface area contributed by atoms with Gasteiger partial charge in [0, 0.05) is 11.1 Å². The van der Waals surface area contributed by atoms with Gasteiger partial charge >= 0.3 is 0 Å². The van der Waals surface area contributed by atoms with Crippen molar-refractivity contribution in [2.45, 2.75) is 26.3 Å². The van der Waals surface area contributed by atoms with Crippen molar-refractivity contribution < 1.29 is 0 Å². The summed E-state index contributed by atoms with van der Waals surface area (Å²) in [4.78, 5) is 0. The maximum Gasteiger partial charge on any atom is 0.0435 e. The van der Waals surface area contributed by atoms with Gasteiger partial charge in [-0.1, -0.05) is 23.7 Å². The van der Waals surface area contributed by atoms with E-state index >= 15 is 0 Å². The summed E-state index contributed by atoms with van der Waals surface area (Å²) in [7, 11) is 0. The molecule has 1 nitrogen and oxygen atoms in total. The van der Waals surface area contributed by atoms with Gasteiger partial charge in [-0.3, -0.25) is 0 Å². The first-order valence-electron chi connectivity index (χ1n) is 4.10. The Bertz CT molecular complexity index is 269. The van der Waals surface area contributed by atoms with E-state index < -0.39 is 0 Å². The molecule has 0 saturated heterocycles. The highest BCUT2D eigenvalue weighted by Gasteiger charge is 1.99. The molecule has 12 heavy (non-hydrogen) atoms. The fraction of sp³-hybridized carbons (Fsp3) is 0.400. The lowest BCUT2D eigenvalue weighted by Gasteiger charge is -2.06. The van der Waals surface area contributed by atoms with Crippen LogP contribution < -0.4 is 5.73 Å². The van der Waals surface area contributed by atoms with Crippen molar-refractivity contribution in [1.82, 2.24) is 0 Å². The van der Waals surface area contributed by atoms with E-state index in [1.165, 1.54) is 5.56 Å². The molecule has 2 heteroatoms. The Morgan fingerprint density at radius 2 is 2.17 bits per heavy atom. The van der Waals surface area contributed by atoms with Crippen molar-refractivity contribution in [3.63, 3.8) is 0 Å². The zero-order valence-corrected chi connectivity index (χ0v) is 8.23. The quantitative estimate of drug-likeness (QED) is 0.750. The number of halogens is 1. The monoisotopic (exact) mass is 183 g/mol. The SMILES string of the molecule is Cc1cc(C[C@H](C)N)ccc1Cl. The van der Waals surface area contributed by atoms with Crippen LogP contribution in [0.5, 0.6) is 0 Å². The van der Waals surface area contributed by atoms with Crippen LogP contribution in [0, 0.1) is 6.92 Å². The molecule has 66 valence electrons. The van der Waals surface area contributed by atoms with Gasteiger partial charge in [0.2, 0.25) is 0 Å². The number of hydrogen-bond acceptors (Lipinski definition) is 1. The predicted molar refractivity (Wildman–Crippen MR) is 53.5 cm³/mol. The third kappa shape index (κ3) is 2.50. The van der Waals surface area contributed by atoms with E-state index in [1.807, 2.05) is 26.0 Å². The lowest BCUT2D eigenvalue weighted by molar-refractivity contribution is 0.738. The maximum atomic E-state index is 5.89. The third-order valence-electron chi connectivity index (χ3n) is 1.78. The van der Waals surface area contributed by atoms with Gasteiger partial charge in [-0.2, -0.15) is 0 Å². The molecule has 1 aromatic rings. The molecule has 0 bridgehead atoms. The van der Waals surface area contributed by atoms with Gasteiger partial charge in [0.1, 0.15) is 0 Å². The van der Waals surface area contributed by atoms with Crippen molar-refractivity contribution in [3.8, 4) is 0 Å². The zero-order valence-electron chi connectivity index (χ0n) is 7.47. The van der Waals surface area contributed by atoms with E-state index in [0.717, 1.165) is 17.0 Å². The minimum absolute atomic E-state index is 0.213. The first-order chi connectivity index (χ1) is 5.59. The molecule has 0 fully saturated rings. The van der Waals surface area contributed by atoms with Gasteiger partial charge in [0.25, 0.3) is 0 Å². The first-order valence-corrected chi connectivity index (χ1v) is 4.48. The summed E-state index contributed by atoms with van der Waals surface area (Å²) in [6.45, 7) is 4.01. The van der Waals surface area contributed by atoms with E-state index in [1.54, 1.807) is 0 Å². The summed E-state index contributed by atoms with van der Waals surface area (Å²) in [6, 6.07) is 6.25. The Morgan fingerprint density at radius 3 is 2.67 bits per heavy atom. The van der Waals surface area contributed by atoms with Gasteiger partial charge in [-0.25, -0.2) is 0 Å². The highest BCUT2D eigenvalue weighted by Crippen LogP contribution is 2.16. The second-order valence-corrected chi connectivity index (χ2v) is 3.67. The van der Waals surface area contributed by atoms with Crippen LogP contribution in [0.1, 0.15) is 18.1 Å². The van der Waals surface area contributed by atoms with Crippen LogP contribution in [0.2, 0.25) is 5.02 Å². The average molecular weight is 184 g/mol. The summed E-state index contributed by atoms with van der Waals surface area (Å²) < 4.78 is 0. The van der Waals surface area contributed by atoms with Crippen LogP contribution in [0.15, 0.2) is 18.2 Å². The molecule has 1 rings (SSSR count). The summed E-state index contributed by atoms with van der Waals surface area (Å²) in [6.07, 6.45) is 0.915. The van der Waals surface area contributed by atoms with E-state index in [2.05, 4.69) is 6.07 Å². The van der Waals surface area contributed by atoms with E-state index in [4.69, 9.17) is 17.3 Å². The molecule has 1 atom stereocenters. The van der Waals surface area contributed by atoms with Gasteiger partial charge in [0.05, 0.1) is 0 Å². The van der Waals surface area contributed by atoms with E-state index in [0.29, 0.717) is 0 Å². The second-order valence-electron chi connectivity index (χ2n) is 3.26. The molecule has 0 spiro atoms. The summed E-state index contributed by atoms with van der Waals surface area (Å²) in [5.41, 5.74) is 8.06. The summed E-state index contributed by atoms with van der Waals surface area (Å²) >= 11 is 5.89. The topological polar surface area (TPSA) is 26.0 Å². The lowest BCUT2D eigenvalue weighted by atomic mass is 10.1. The number of rotatable bonds is 2. The Morgan fingerprint density at radius 1 is 1.50 bits per heavy atom. The standard InChI is InChI=1S/C10H14ClN/c1-7-5-9(6-8(2)12)3-4-10(7)11/h3-5,8H,6,12H2,1-2H3/t8-/m0/s1. The fourth-order valence-corrected chi connectivity index (χ4v) is 1.32. The van der Waals surface area contributed by atoms with E-state index in [-0.39, 0.29) is 6.04 Å². The molecule has 0 aromatic heterocycles. The fourth-order valence-electron chi connectivity index (χ4n) is 1.21. The van der Waals surface area contributed by atoms with Crippen LogP contribution >= 0.6 is 11.6 Å². The highest BCUT2D eigenvalue weighted by atomic mass is 35.5. The van der Waals surface area contributed by atoms with E-state index in [9.17, 15) is 0 Å². The number of nitrogens with two attached hydrogens (primary N) is 1. The van der Waals surface area contributed by atoms with Gasteiger partial charge in [-0.05, 0) is 37.5 Å². The molecular formula is C10H14ClN. The molecule has 0 aliphatic rings. The van der Waals surface area contributed by atoms with Crippen LogP contribution in [-0.4, -0.2) is 6.04 Å². The van der Waals surface area contributed by atoms with Crippen molar-refractivity contribution in [3.05, 3.63) is 34.3 Å². The van der Waals surface area contributed by atoms with Gasteiger partial charge in [-0.15, -0.1) is 0 Å². The zero-order chi connectivity index (χ0) is 9.14.